The van der Waals surface area contributed by atoms with E-state index in [1.807, 2.05) is 13.8 Å². The number of nitrogens with one attached hydrogen (secondary N) is 2. The first-order valence-electron chi connectivity index (χ1n) is 8.92. The molecule has 0 aliphatic heterocycles. The highest BCUT2D eigenvalue weighted by Crippen LogP contribution is 2.26. The van der Waals surface area contributed by atoms with Crippen molar-refractivity contribution >= 4 is 34.8 Å². The van der Waals surface area contributed by atoms with Gasteiger partial charge >= 0.3 is 0 Å². The van der Waals surface area contributed by atoms with Crippen LogP contribution in [0.5, 0.6) is 0 Å². The predicted octanol–water partition coefficient (Wildman–Crippen LogP) is 4.42. The second-order valence-electron chi connectivity index (χ2n) is 6.63. The topological polar surface area (TPSA) is 76.0 Å². The lowest BCUT2D eigenvalue weighted by molar-refractivity contribution is -0.116. The van der Waals surface area contributed by atoms with Crippen LogP contribution in [0.25, 0.3) is 5.69 Å². The molecule has 0 aliphatic carbocycles. The Bertz CT molecular complexity index is 1080. The molecule has 0 saturated heterocycles. The highest BCUT2D eigenvalue weighted by atomic mass is 35.5. The van der Waals surface area contributed by atoms with Gasteiger partial charge in [-0.1, -0.05) is 11.6 Å². The molecule has 0 bridgehead atoms. The van der Waals surface area contributed by atoms with Gasteiger partial charge < -0.3 is 10.6 Å². The van der Waals surface area contributed by atoms with Crippen molar-refractivity contribution in [3.05, 3.63) is 70.3 Å². The summed E-state index contributed by atoms with van der Waals surface area (Å²) in [6.45, 7) is 5.06. The van der Waals surface area contributed by atoms with Gasteiger partial charge in [0.25, 0.3) is 0 Å². The highest BCUT2D eigenvalue weighted by molar-refractivity contribution is 6.31. The van der Waals surface area contributed by atoms with E-state index < -0.39 is 0 Å². The maximum absolute atomic E-state index is 13.2. The largest absolute Gasteiger partial charge is 0.325 e. The summed E-state index contributed by atoms with van der Waals surface area (Å²) in [4.78, 5) is 24.1. The molecule has 0 fully saturated rings. The van der Waals surface area contributed by atoms with Gasteiger partial charge in [0.1, 0.15) is 5.82 Å². The van der Waals surface area contributed by atoms with Crippen LogP contribution in [0.3, 0.4) is 0 Å². The number of aromatic nitrogens is 2. The third-order valence-electron chi connectivity index (χ3n) is 4.42. The van der Waals surface area contributed by atoms with Gasteiger partial charge in [0.15, 0.2) is 0 Å². The number of halogens is 2. The SMILES string of the molecule is CC(=O)Nc1ccc(Cl)cc1NC(=O)Cc1c(C)nn(-c2ccc(F)cc2)c1C. The zero-order chi connectivity index (χ0) is 21.1. The van der Waals surface area contributed by atoms with Gasteiger partial charge in [0.2, 0.25) is 11.8 Å². The second kappa shape index (κ2) is 8.45. The van der Waals surface area contributed by atoms with Crippen LogP contribution in [0.15, 0.2) is 42.5 Å². The number of rotatable bonds is 5. The van der Waals surface area contributed by atoms with Crippen molar-refractivity contribution in [2.45, 2.75) is 27.2 Å². The molecule has 2 N–H and O–H groups in total. The van der Waals surface area contributed by atoms with Crippen LogP contribution in [0.4, 0.5) is 15.8 Å². The first-order valence-corrected chi connectivity index (χ1v) is 9.30. The molecular weight excluding hydrogens is 395 g/mol. The molecule has 0 spiro atoms. The van der Waals surface area contributed by atoms with E-state index in [0.717, 1.165) is 11.3 Å². The van der Waals surface area contributed by atoms with Crippen molar-refractivity contribution in [1.29, 1.82) is 0 Å². The van der Waals surface area contributed by atoms with Gasteiger partial charge in [-0.15, -0.1) is 0 Å². The number of hydrogen-bond donors (Lipinski definition) is 2. The monoisotopic (exact) mass is 414 g/mol. The molecule has 1 aromatic heterocycles. The van der Waals surface area contributed by atoms with E-state index in [-0.39, 0.29) is 24.1 Å². The molecule has 0 radical (unpaired) electrons. The Morgan fingerprint density at radius 3 is 2.41 bits per heavy atom. The molecule has 1 heterocycles. The molecule has 0 saturated carbocycles. The predicted molar refractivity (Wildman–Crippen MR) is 111 cm³/mol. The number of hydrogen-bond acceptors (Lipinski definition) is 3. The molecule has 150 valence electrons. The third-order valence-corrected chi connectivity index (χ3v) is 4.65. The Balaban J connectivity index is 1.82. The Hall–Kier alpha value is -3.19. The molecule has 2 aromatic carbocycles. The van der Waals surface area contributed by atoms with Gasteiger partial charge in [-0.2, -0.15) is 5.10 Å². The minimum atomic E-state index is -0.327. The van der Waals surface area contributed by atoms with Crippen LogP contribution in [0, 0.1) is 19.7 Å². The summed E-state index contributed by atoms with van der Waals surface area (Å²) in [5, 5.41) is 10.4. The molecule has 3 rings (SSSR count). The molecule has 0 atom stereocenters. The fraction of sp³-hybridized carbons (Fsp3) is 0.190. The molecule has 0 unspecified atom stereocenters. The number of amides is 2. The summed E-state index contributed by atoms with van der Waals surface area (Å²) in [7, 11) is 0. The van der Waals surface area contributed by atoms with E-state index in [1.54, 1.807) is 35.0 Å². The number of carbonyl (C=O) groups is 2. The van der Waals surface area contributed by atoms with Gasteiger partial charge in [-0.25, -0.2) is 9.07 Å². The lowest BCUT2D eigenvalue weighted by atomic mass is 10.1. The molecular formula is C21H20ClFN4O2. The van der Waals surface area contributed by atoms with Crippen LogP contribution in [0.2, 0.25) is 5.02 Å². The summed E-state index contributed by atoms with van der Waals surface area (Å²) in [6.07, 6.45) is 0.0882. The fourth-order valence-corrected chi connectivity index (χ4v) is 3.21. The molecule has 8 heteroatoms. The Kier molecular flexibility index (Phi) is 5.98. The third kappa shape index (κ3) is 4.81. The van der Waals surface area contributed by atoms with Gasteiger partial charge in [0, 0.05) is 23.2 Å². The molecule has 2 amide bonds. The Morgan fingerprint density at radius 1 is 1.07 bits per heavy atom. The number of aryl methyl sites for hydroxylation is 1. The Labute approximate surface area is 172 Å². The first-order chi connectivity index (χ1) is 13.7. The standard InChI is InChI=1S/C21H20ClFN4O2/c1-12-18(13(2)27(26-12)17-7-5-16(23)6-8-17)11-21(29)25-20-10-15(22)4-9-19(20)24-14(3)28/h4-10H,11H2,1-3H3,(H,24,28)(H,25,29). The number of nitrogens with zero attached hydrogens (tertiary/aromatic N) is 2. The van der Waals surface area contributed by atoms with Gasteiger partial charge in [-0.3, -0.25) is 9.59 Å². The van der Waals surface area contributed by atoms with Crippen molar-refractivity contribution in [2.24, 2.45) is 0 Å². The zero-order valence-corrected chi connectivity index (χ0v) is 17.0. The second-order valence-corrected chi connectivity index (χ2v) is 7.07. The maximum atomic E-state index is 13.2. The van der Waals surface area contributed by atoms with E-state index in [0.29, 0.717) is 27.8 Å². The summed E-state index contributed by atoms with van der Waals surface area (Å²) >= 11 is 6.03. The maximum Gasteiger partial charge on any atom is 0.228 e. The molecule has 3 aromatic rings. The van der Waals surface area contributed by atoms with Crippen molar-refractivity contribution in [2.75, 3.05) is 10.6 Å². The lowest BCUT2D eigenvalue weighted by Gasteiger charge is -2.12. The van der Waals surface area contributed by atoms with E-state index in [4.69, 9.17) is 11.6 Å². The van der Waals surface area contributed by atoms with E-state index in [2.05, 4.69) is 15.7 Å². The number of benzene rings is 2. The highest BCUT2D eigenvalue weighted by Gasteiger charge is 2.17. The lowest BCUT2D eigenvalue weighted by Crippen LogP contribution is -2.17. The zero-order valence-electron chi connectivity index (χ0n) is 16.2. The molecule has 0 aliphatic rings. The smallest absolute Gasteiger partial charge is 0.228 e. The van der Waals surface area contributed by atoms with Crippen LogP contribution in [-0.2, 0) is 16.0 Å². The summed E-state index contributed by atoms with van der Waals surface area (Å²) in [5.74, 6) is -0.856. The normalized spacial score (nSPS) is 10.7. The number of carbonyl (C=O) groups excluding carboxylic acids is 2. The van der Waals surface area contributed by atoms with Gasteiger partial charge in [-0.05, 0) is 56.3 Å². The number of anilines is 2. The first kappa shape index (κ1) is 20.5. The summed E-state index contributed by atoms with van der Waals surface area (Å²) in [6, 6.07) is 10.8. The minimum absolute atomic E-state index is 0.0882. The van der Waals surface area contributed by atoms with E-state index in [9.17, 15) is 14.0 Å². The van der Waals surface area contributed by atoms with Crippen LogP contribution in [-0.4, -0.2) is 21.6 Å². The van der Waals surface area contributed by atoms with Crippen LogP contribution in [0.1, 0.15) is 23.9 Å². The van der Waals surface area contributed by atoms with Crippen molar-refractivity contribution in [1.82, 2.24) is 9.78 Å². The average molecular weight is 415 g/mol. The van der Waals surface area contributed by atoms with Crippen LogP contribution < -0.4 is 10.6 Å². The van der Waals surface area contributed by atoms with Gasteiger partial charge in [0.05, 0.1) is 29.2 Å². The Morgan fingerprint density at radius 2 is 1.76 bits per heavy atom. The van der Waals surface area contributed by atoms with E-state index >= 15 is 0 Å². The van der Waals surface area contributed by atoms with E-state index in [1.165, 1.54) is 19.1 Å². The summed E-state index contributed by atoms with van der Waals surface area (Å²) < 4.78 is 14.9. The van der Waals surface area contributed by atoms with Crippen molar-refractivity contribution < 1.29 is 14.0 Å². The van der Waals surface area contributed by atoms with Crippen molar-refractivity contribution in [3.8, 4) is 5.69 Å². The minimum Gasteiger partial charge on any atom is -0.325 e. The average Bonchev–Trinajstić information content (AvgIpc) is 2.92. The summed E-state index contributed by atoms with van der Waals surface area (Å²) in [5.41, 5.74) is 3.86. The van der Waals surface area contributed by atoms with Crippen LogP contribution >= 0.6 is 11.6 Å². The molecule has 29 heavy (non-hydrogen) atoms. The quantitative estimate of drug-likeness (QED) is 0.648. The fourth-order valence-electron chi connectivity index (χ4n) is 3.04. The molecule has 6 nitrogen and oxygen atoms in total. The van der Waals surface area contributed by atoms with Crippen molar-refractivity contribution in [3.63, 3.8) is 0 Å².